The summed E-state index contributed by atoms with van der Waals surface area (Å²) in [5, 5.41) is 5.72. The average molecular weight is 255 g/mol. The molecule has 1 fully saturated rings. The highest BCUT2D eigenvalue weighted by atomic mass is 16.2. The molecular formula is C13H25N3O2. The van der Waals surface area contributed by atoms with Gasteiger partial charge in [-0.1, -0.05) is 13.3 Å². The molecule has 0 radical (unpaired) electrons. The second-order valence-electron chi connectivity index (χ2n) is 5.21. The highest BCUT2D eigenvalue weighted by Crippen LogP contribution is 2.25. The average Bonchev–Trinajstić information content (AvgIpc) is 2.24. The number of nitrogens with one attached hydrogen (secondary N) is 2. The third-order valence-electron chi connectivity index (χ3n) is 3.63. The van der Waals surface area contributed by atoms with E-state index in [4.69, 9.17) is 5.73 Å². The minimum atomic E-state index is -0.172. The van der Waals surface area contributed by atoms with Gasteiger partial charge in [-0.3, -0.25) is 9.59 Å². The zero-order chi connectivity index (χ0) is 13.5. The van der Waals surface area contributed by atoms with Crippen LogP contribution in [-0.2, 0) is 9.59 Å². The van der Waals surface area contributed by atoms with Crippen LogP contribution < -0.4 is 16.4 Å². The van der Waals surface area contributed by atoms with Crippen molar-refractivity contribution in [3.8, 4) is 0 Å². The minimum absolute atomic E-state index is 0.0182. The van der Waals surface area contributed by atoms with Crippen molar-refractivity contribution in [1.29, 1.82) is 0 Å². The molecule has 0 spiro atoms. The zero-order valence-electron chi connectivity index (χ0n) is 11.4. The van der Waals surface area contributed by atoms with E-state index in [-0.39, 0.29) is 29.7 Å². The van der Waals surface area contributed by atoms with E-state index in [0.717, 1.165) is 19.3 Å². The fourth-order valence-corrected chi connectivity index (χ4v) is 1.73. The summed E-state index contributed by atoms with van der Waals surface area (Å²) >= 11 is 0. The second-order valence-corrected chi connectivity index (χ2v) is 5.21. The van der Waals surface area contributed by atoms with Crippen LogP contribution in [0, 0.1) is 11.8 Å². The van der Waals surface area contributed by atoms with Gasteiger partial charge in [-0.25, -0.2) is 0 Å². The van der Waals surface area contributed by atoms with Gasteiger partial charge in [-0.15, -0.1) is 0 Å². The van der Waals surface area contributed by atoms with Crippen LogP contribution in [0.5, 0.6) is 0 Å². The lowest BCUT2D eigenvalue weighted by molar-refractivity contribution is -0.127. The summed E-state index contributed by atoms with van der Waals surface area (Å²) in [6, 6.07) is -0.136. The summed E-state index contributed by atoms with van der Waals surface area (Å²) < 4.78 is 0. The van der Waals surface area contributed by atoms with Gasteiger partial charge in [0.05, 0.1) is 0 Å². The molecule has 1 saturated carbocycles. The van der Waals surface area contributed by atoms with Crippen LogP contribution in [0.25, 0.3) is 0 Å². The molecule has 0 aromatic heterocycles. The van der Waals surface area contributed by atoms with Crippen molar-refractivity contribution < 1.29 is 9.59 Å². The summed E-state index contributed by atoms with van der Waals surface area (Å²) in [5.41, 5.74) is 5.64. The second kappa shape index (κ2) is 7.36. The SMILES string of the molecule is CC(N)C(C)C(=O)NCCCNC(=O)C1CCC1. The Morgan fingerprint density at radius 3 is 2.33 bits per heavy atom. The van der Waals surface area contributed by atoms with Gasteiger partial charge in [0.25, 0.3) is 0 Å². The van der Waals surface area contributed by atoms with Crippen molar-refractivity contribution in [1.82, 2.24) is 10.6 Å². The Morgan fingerprint density at radius 1 is 1.22 bits per heavy atom. The standard InChI is InChI=1S/C13H25N3O2/c1-9(10(2)14)12(17)15-7-4-8-16-13(18)11-5-3-6-11/h9-11H,3-8,14H2,1-2H3,(H,15,17)(H,16,18). The van der Waals surface area contributed by atoms with Crippen LogP contribution in [0.2, 0.25) is 0 Å². The van der Waals surface area contributed by atoms with Crippen LogP contribution in [0.3, 0.4) is 0 Å². The van der Waals surface area contributed by atoms with Crippen molar-refractivity contribution in [2.45, 2.75) is 45.6 Å². The van der Waals surface area contributed by atoms with Crippen molar-refractivity contribution in [3.63, 3.8) is 0 Å². The molecule has 2 amide bonds. The quantitative estimate of drug-likeness (QED) is 0.575. The maximum absolute atomic E-state index is 11.6. The number of carbonyl (C=O) groups is 2. The van der Waals surface area contributed by atoms with Crippen molar-refractivity contribution in [3.05, 3.63) is 0 Å². The highest BCUT2D eigenvalue weighted by molar-refractivity contribution is 5.79. The van der Waals surface area contributed by atoms with Crippen LogP contribution in [0.1, 0.15) is 39.5 Å². The maximum atomic E-state index is 11.6. The Bertz CT molecular complexity index is 288. The van der Waals surface area contributed by atoms with E-state index in [0.29, 0.717) is 13.1 Å². The molecule has 0 aromatic rings. The van der Waals surface area contributed by atoms with Crippen LogP contribution in [0.4, 0.5) is 0 Å². The molecule has 1 rings (SSSR count). The molecule has 1 aliphatic carbocycles. The van der Waals surface area contributed by atoms with E-state index in [1.54, 1.807) is 0 Å². The van der Waals surface area contributed by atoms with E-state index in [1.165, 1.54) is 6.42 Å². The number of rotatable bonds is 7. The molecular weight excluding hydrogens is 230 g/mol. The van der Waals surface area contributed by atoms with Crippen molar-refractivity contribution in [2.24, 2.45) is 17.6 Å². The van der Waals surface area contributed by atoms with Gasteiger partial charge in [0.2, 0.25) is 11.8 Å². The number of nitrogens with two attached hydrogens (primary N) is 1. The zero-order valence-corrected chi connectivity index (χ0v) is 11.4. The number of hydrogen-bond donors (Lipinski definition) is 3. The number of hydrogen-bond acceptors (Lipinski definition) is 3. The third-order valence-corrected chi connectivity index (χ3v) is 3.63. The molecule has 0 bridgehead atoms. The predicted molar refractivity (Wildman–Crippen MR) is 70.8 cm³/mol. The summed E-state index contributed by atoms with van der Waals surface area (Å²) in [6.45, 7) is 4.85. The van der Waals surface area contributed by atoms with Gasteiger partial charge >= 0.3 is 0 Å². The summed E-state index contributed by atoms with van der Waals surface area (Å²) in [5.74, 6) is 0.208. The third kappa shape index (κ3) is 4.64. The molecule has 5 nitrogen and oxygen atoms in total. The monoisotopic (exact) mass is 255 g/mol. The fraction of sp³-hybridized carbons (Fsp3) is 0.846. The first-order chi connectivity index (χ1) is 8.52. The predicted octanol–water partition coefficient (Wildman–Crippen LogP) is 0.392. The fourth-order valence-electron chi connectivity index (χ4n) is 1.73. The van der Waals surface area contributed by atoms with Gasteiger partial charge in [-0.2, -0.15) is 0 Å². The molecule has 0 heterocycles. The highest BCUT2D eigenvalue weighted by Gasteiger charge is 2.24. The van der Waals surface area contributed by atoms with Gasteiger partial charge < -0.3 is 16.4 Å². The largest absolute Gasteiger partial charge is 0.356 e. The lowest BCUT2D eigenvalue weighted by atomic mass is 9.85. The first-order valence-electron chi connectivity index (χ1n) is 6.83. The maximum Gasteiger partial charge on any atom is 0.224 e. The molecule has 2 atom stereocenters. The van der Waals surface area contributed by atoms with Crippen LogP contribution >= 0.6 is 0 Å². The Balaban J connectivity index is 2.01. The first kappa shape index (κ1) is 15.0. The summed E-state index contributed by atoms with van der Waals surface area (Å²) in [6.07, 6.45) is 3.97. The van der Waals surface area contributed by atoms with Crippen LogP contribution in [0.15, 0.2) is 0 Å². The van der Waals surface area contributed by atoms with Crippen molar-refractivity contribution in [2.75, 3.05) is 13.1 Å². The Kier molecular flexibility index (Phi) is 6.12. The minimum Gasteiger partial charge on any atom is -0.356 e. The molecule has 0 saturated heterocycles. The van der Waals surface area contributed by atoms with E-state index in [9.17, 15) is 9.59 Å². The van der Waals surface area contributed by atoms with Gasteiger partial charge in [0, 0.05) is 31.0 Å². The summed E-state index contributed by atoms with van der Waals surface area (Å²) in [4.78, 5) is 23.1. The van der Waals surface area contributed by atoms with Gasteiger partial charge in [-0.05, 0) is 26.2 Å². The number of amides is 2. The molecule has 0 aromatic carbocycles. The normalized spacial score (nSPS) is 18.6. The van der Waals surface area contributed by atoms with E-state index >= 15 is 0 Å². The van der Waals surface area contributed by atoms with E-state index in [1.807, 2.05) is 13.8 Å². The van der Waals surface area contributed by atoms with Crippen molar-refractivity contribution >= 4 is 11.8 Å². The van der Waals surface area contributed by atoms with Crippen LogP contribution in [-0.4, -0.2) is 30.9 Å². The first-order valence-corrected chi connectivity index (χ1v) is 6.83. The van der Waals surface area contributed by atoms with Gasteiger partial charge in [0.1, 0.15) is 0 Å². The Labute approximate surface area is 109 Å². The molecule has 2 unspecified atom stereocenters. The van der Waals surface area contributed by atoms with E-state index in [2.05, 4.69) is 10.6 Å². The molecule has 0 aliphatic heterocycles. The van der Waals surface area contributed by atoms with Gasteiger partial charge in [0.15, 0.2) is 0 Å². The molecule has 104 valence electrons. The lowest BCUT2D eigenvalue weighted by Gasteiger charge is -2.24. The molecule has 1 aliphatic rings. The molecule has 4 N–H and O–H groups in total. The number of carbonyl (C=O) groups excluding carboxylic acids is 2. The smallest absolute Gasteiger partial charge is 0.224 e. The summed E-state index contributed by atoms with van der Waals surface area (Å²) in [7, 11) is 0. The Morgan fingerprint density at radius 2 is 1.83 bits per heavy atom. The lowest BCUT2D eigenvalue weighted by Crippen LogP contribution is -2.40. The topological polar surface area (TPSA) is 84.2 Å². The Hall–Kier alpha value is -1.10. The molecule has 5 heteroatoms. The molecule has 18 heavy (non-hydrogen) atoms. The van der Waals surface area contributed by atoms with E-state index < -0.39 is 0 Å².